The van der Waals surface area contributed by atoms with Crippen molar-refractivity contribution in [3.05, 3.63) is 12.7 Å². The fraction of sp³-hybridized carbons (Fsp3) is 0.727. The molecule has 0 aromatic carbocycles. The Morgan fingerprint density at radius 3 is 2.71 bits per heavy atom. The summed E-state index contributed by atoms with van der Waals surface area (Å²) in [6.45, 7) is 7.82. The largest absolute Gasteiger partial charge is 0.370 e. The summed E-state index contributed by atoms with van der Waals surface area (Å²) in [5, 5.41) is 3.38. The molecule has 14 heavy (non-hydrogen) atoms. The summed E-state index contributed by atoms with van der Waals surface area (Å²) < 4.78 is 0. The third-order valence-corrected chi connectivity index (χ3v) is 2.24. The molecule has 2 atom stereocenters. The first-order chi connectivity index (χ1) is 6.60. The van der Waals surface area contributed by atoms with Crippen molar-refractivity contribution in [1.82, 2.24) is 5.32 Å². The van der Waals surface area contributed by atoms with Crippen molar-refractivity contribution >= 4 is 5.91 Å². The number of rotatable bonds is 8. The minimum atomic E-state index is -0.247. The normalized spacial score (nSPS) is 14.7. The highest BCUT2D eigenvalue weighted by atomic mass is 16.1. The molecule has 3 nitrogen and oxygen atoms in total. The van der Waals surface area contributed by atoms with Crippen molar-refractivity contribution in [2.24, 2.45) is 5.73 Å². The fourth-order valence-corrected chi connectivity index (χ4v) is 1.49. The monoisotopic (exact) mass is 198 g/mol. The third kappa shape index (κ3) is 6.66. The SMILES string of the molecule is C=CCCC(CC)NC(C)CC(N)=O. The van der Waals surface area contributed by atoms with Crippen LogP contribution in [0.25, 0.3) is 0 Å². The van der Waals surface area contributed by atoms with Crippen LogP contribution in [-0.2, 0) is 4.79 Å². The fourth-order valence-electron chi connectivity index (χ4n) is 1.49. The van der Waals surface area contributed by atoms with E-state index in [-0.39, 0.29) is 11.9 Å². The molecule has 0 saturated carbocycles. The maximum atomic E-state index is 10.7. The lowest BCUT2D eigenvalue weighted by molar-refractivity contribution is -0.118. The predicted octanol–water partition coefficient (Wildman–Crippen LogP) is 1.58. The van der Waals surface area contributed by atoms with E-state index in [1.165, 1.54) is 0 Å². The van der Waals surface area contributed by atoms with Gasteiger partial charge in [-0.2, -0.15) is 0 Å². The van der Waals surface area contributed by atoms with Gasteiger partial charge in [-0.3, -0.25) is 4.79 Å². The highest BCUT2D eigenvalue weighted by Gasteiger charge is 2.10. The molecule has 0 bridgehead atoms. The second kappa shape index (κ2) is 7.56. The Morgan fingerprint density at radius 2 is 2.29 bits per heavy atom. The maximum Gasteiger partial charge on any atom is 0.218 e. The average Bonchev–Trinajstić information content (AvgIpc) is 2.10. The Balaban J connectivity index is 3.78. The molecule has 0 aliphatic rings. The van der Waals surface area contributed by atoms with E-state index in [1.807, 2.05) is 13.0 Å². The molecule has 3 N–H and O–H groups in total. The van der Waals surface area contributed by atoms with Crippen molar-refractivity contribution < 1.29 is 4.79 Å². The van der Waals surface area contributed by atoms with Crippen molar-refractivity contribution in [2.75, 3.05) is 0 Å². The number of carbonyl (C=O) groups excluding carboxylic acids is 1. The van der Waals surface area contributed by atoms with E-state index in [4.69, 9.17) is 5.73 Å². The van der Waals surface area contributed by atoms with Crippen LogP contribution < -0.4 is 11.1 Å². The van der Waals surface area contributed by atoms with Gasteiger partial charge >= 0.3 is 0 Å². The van der Waals surface area contributed by atoms with E-state index in [0.717, 1.165) is 19.3 Å². The molecule has 0 radical (unpaired) electrons. The molecular weight excluding hydrogens is 176 g/mol. The zero-order valence-electron chi connectivity index (χ0n) is 9.25. The van der Waals surface area contributed by atoms with Crippen LogP contribution in [0.5, 0.6) is 0 Å². The average molecular weight is 198 g/mol. The zero-order valence-corrected chi connectivity index (χ0v) is 9.25. The Morgan fingerprint density at radius 1 is 1.64 bits per heavy atom. The van der Waals surface area contributed by atoms with Gasteiger partial charge in [0, 0.05) is 18.5 Å². The number of primary amides is 1. The molecule has 0 rings (SSSR count). The lowest BCUT2D eigenvalue weighted by Crippen LogP contribution is -2.38. The summed E-state index contributed by atoms with van der Waals surface area (Å²) in [5.41, 5.74) is 5.12. The number of hydrogen-bond acceptors (Lipinski definition) is 2. The lowest BCUT2D eigenvalue weighted by atomic mass is 10.1. The van der Waals surface area contributed by atoms with E-state index in [2.05, 4.69) is 18.8 Å². The first kappa shape index (κ1) is 13.2. The number of allylic oxidation sites excluding steroid dienone is 1. The molecule has 2 unspecified atom stereocenters. The first-order valence-corrected chi connectivity index (χ1v) is 5.25. The van der Waals surface area contributed by atoms with E-state index < -0.39 is 0 Å². The Bertz CT molecular complexity index is 180. The van der Waals surface area contributed by atoms with Gasteiger partial charge in [0.05, 0.1) is 0 Å². The highest BCUT2D eigenvalue weighted by molar-refractivity contribution is 5.74. The highest BCUT2D eigenvalue weighted by Crippen LogP contribution is 2.04. The molecule has 82 valence electrons. The molecule has 1 amide bonds. The van der Waals surface area contributed by atoms with Gasteiger partial charge in [-0.05, 0) is 26.2 Å². The zero-order chi connectivity index (χ0) is 11.0. The molecule has 0 aliphatic heterocycles. The summed E-state index contributed by atoms with van der Waals surface area (Å²) in [6, 6.07) is 0.629. The van der Waals surface area contributed by atoms with Gasteiger partial charge in [0.2, 0.25) is 5.91 Å². The van der Waals surface area contributed by atoms with Crippen LogP contribution in [0, 0.1) is 0 Å². The van der Waals surface area contributed by atoms with Gasteiger partial charge in [0.15, 0.2) is 0 Å². The Kier molecular flexibility index (Phi) is 7.11. The van der Waals surface area contributed by atoms with Gasteiger partial charge in [0.1, 0.15) is 0 Å². The number of amides is 1. The lowest BCUT2D eigenvalue weighted by Gasteiger charge is -2.20. The molecule has 0 aromatic rings. The van der Waals surface area contributed by atoms with Crippen LogP contribution in [0.1, 0.15) is 39.5 Å². The van der Waals surface area contributed by atoms with Crippen LogP contribution in [-0.4, -0.2) is 18.0 Å². The molecule has 0 spiro atoms. The van der Waals surface area contributed by atoms with Crippen molar-refractivity contribution in [3.63, 3.8) is 0 Å². The van der Waals surface area contributed by atoms with E-state index in [1.54, 1.807) is 0 Å². The maximum absolute atomic E-state index is 10.7. The van der Waals surface area contributed by atoms with Gasteiger partial charge < -0.3 is 11.1 Å². The molecule has 0 aliphatic carbocycles. The first-order valence-electron chi connectivity index (χ1n) is 5.25. The third-order valence-electron chi connectivity index (χ3n) is 2.24. The Labute approximate surface area is 86.8 Å². The number of carbonyl (C=O) groups is 1. The summed E-state index contributed by atoms with van der Waals surface area (Å²) in [7, 11) is 0. The molecule has 0 fully saturated rings. The summed E-state index contributed by atoms with van der Waals surface area (Å²) >= 11 is 0. The van der Waals surface area contributed by atoms with Crippen molar-refractivity contribution in [3.8, 4) is 0 Å². The Hall–Kier alpha value is -0.830. The van der Waals surface area contributed by atoms with Crippen molar-refractivity contribution in [2.45, 2.75) is 51.6 Å². The minimum Gasteiger partial charge on any atom is -0.370 e. The second-order valence-corrected chi connectivity index (χ2v) is 3.71. The van der Waals surface area contributed by atoms with Crippen LogP contribution in [0.2, 0.25) is 0 Å². The molecule has 0 aromatic heterocycles. The van der Waals surface area contributed by atoms with Gasteiger partial charge in [0.25, 0.3) is 0 Å². The second-order valence-electron chi connectivity index (χ2n) is 3.71. The van der Waals surface area contributed by atoms with Crippen molar-refractivity contribution in [1.29, 1.82) is 0 Å². The van der Waals surface area contributed by atoms with Crippen LogP contribution >= 0.6 is 0 Å². The van der Waals surface area contributed by atoms with Gasteiger partial charge in [-0.15, -0.1) is 6.58 Å². The standard InChI is InChI=1S/C11H22N2O/c1-4-6-7-10(5-2)13-9(3)8-11(12)14/h4,9-10,13H,1,5-8H2,2-3H3,(H2,12,14). The van der Waals surface area contributed by atoms with Gasteiger partial charge in [-0.25, -0.2) is 0 Å². The van der Waals surface area contributed by atoms with Crippen LogP contribution in [0.3, 0.4) is 0 Å². The molecule has 0 heterocycles. The molecule has 3 heteroatoms. The number of nitrogens with one attached hydrogen (secondary N) is 1. The summed E-state index contributed by atoms with van der Waals surface area (Å²) in [5.74, 6) is -0.247. The van der Waals surface area contributed by atoms with E-state index in [9.17, 15) is 4.79 Å². The molecular formula is C11H22N2O. The summed E-state index contributed by atoms with van der Waals surface area (Å²) in [6.07, 6.45) is 5.47. The number of hydrogen-bond donors (Lipinski definition) is 2. The van der Waals surface area contributed by atoms with Crippen LogP contribution in [0.15, 0.2) is 12.7 Å². The van der Waals surface area contributed by atoms with E-state index in [0.29, 0.717) is 12.5 Å². The minimum absolute atomic E-state index is 0.169. The molecule has 0 saturated heterocycles. The summed E-state index contributed by atoms with van der Waals surface area (Å²) in [4.78, 5) is 10.7. The van der Waals surface area contributed by atoms with Gasteiger partial charge in [-0.1, -0.05) is 13.0 Å². The number of nitrogens with two attached hydrogens (primary N) is 1. The van der Waals surface area contributed by atoms with E-state index >= 15 is 0 Å². The van der Waals surface area contributed by atoms with Crippen LogP contribution in [0.4, 0.5) is 0 Å². The quantitative estimate of drug-likeness (QED) is 0.582. The topological polar surface area (TPSA) is 55.1 Å². The smallest absolute Gasteiger partial charge is 0.218 e. The predicted molar refractivity (Wildman–Crippen MR) is 59.9 cm³/mol.